The minimum absolute atomic E-state index is 0.203. The molecule has 1 radical (unpaired) electrons. The van der Waals surface area contributed by atoms with Crippen LogP contribution in [0.4, 0.5) is 14.6 Å². The number of aromatic amines is 1. The van der Waals surface area contributed by atoms with Gasteiger partial charge in [-0.05, 0) is 18.2 Å². The molecule has 1 unspecified atom stereocenters. The van der Waals surface area contributed by atoms with Gasteiger partial charge in [-0.25, -0.2) is 28.7 Å². The van der Waals surface area contributed by atoms with Crippen molar-refractivity contribution in [2.24, 2.45) is 0 Å². The van der Waals surface area contributed by atoms with E-state index in [-0.39, 0.29) is 5.82 Å². The molecule has 0 spiro atoms. The highest BCUT2D eigenvalue weighted by Crippen LogP contribution is 2.31. The lowest BCUT2D eigenvalue weighted by atomic mass is 10.1. The molecule has 0 bridgehead atoms. The minimum Gasteiger partial charge on any atom is -0.334 e. The number of nitrogens with zero attached hydrogens (tertiary/aromatic N) is 4. The van der Waals surface area contributed by atoms with Gasteiger partial charge in [0, 0.05) is 18.7 Å². The molecule has 8 heteroatoms. The number of hydrogen-bond acceptors (Lipinski definition) is 5. The topological polar surface area (TPSA) is 79.4 Å². The first-order valence-corrected chi connectivity index (χ1v) is 7.12. The van der Waals surface area contributed by atoms with Crippen LogP contribution < -0.4 is 5.32 Å². The van der Waals surface area contributed by atoms with E-state index in [9.17, 15) is 8.78 Å². The Morgan fingerprint density at radius 3 is 3.00 bits per heavy atom. The van der Waals surface area contributed by atoms with Crippen LogP contribution in [0, 0.1) is 6.42 Å². The molecule has 2 N–H and O–H groups in total. The number of imidazole rings is 1. The Labute approximate surface area is 135 Å². The molecular formula is C16H11F2N6. The Kier molecular flexibility index (Phi) is 3.30. The molecule has 4 rings (SSSR count). The van der Waals surface area contributed by atoms with Gasteiger partial charge in [0.05, 0.1) is 18.1 Å². The number of rotatable bonds is 3. The minimum atomic E-state index is -2.18. The van der Waals surface area contributed by atoms with Crippen molar-refractivity contribution >= 4 is 17.0 Å². The summed E-state index contributed by atoms with van der Waals surface area (Å²) in [5.41, 5.74) is 1.67. The van der Waals surface area contributed by atoms with Crippen LogP contribution >= 0.6 is 0 Å². The summed E-state index contributed by atoms with van der Waals surface area (Å²) in [7, 11) is 0. The average molecular weight is 325 g/mol. The molecule has 6 nitrogen and oxygen atoms in total. The van der Waals surface area contributed by atoms with E-state index in [1.165, 1.54) is 31.1 Å². The molecule has 1 aliphatic carbocycles. The molecule has 1 atom stereocenters. The lowest BCUT2D eigenvalue weighted by Gasteiger charge is -2.25. The maximum atomic E-state index is 14.8. The van der Waals surface area contributed by atoms with E-state index >= 15 is 0 Å². The van der Waals surface area contributed by atoms with Gasteiger partial charge in [0.1, 0.15) is 17.2 Å². The van der Waals surface area contributed by atoms with E-state index in [1.54, 1.807) is 18.3 Å². The third-order valence-corrected chi connectivity index (χ3v) is 3.48. The number of pyridine rings is 1. The predicted molar refractivity (Wildman–Crippen MR) is 85.0 cm³/mol. The van der Waals surface area contributed by atoms with Crippen LogP contribution in [0.25, 0.3) is 22.6 Å². The number of nitrogens with one attached hydrogen (secondary N) is 2. The molecule has 0 saturated heterocycles. The quantitative estimate of drug-likeness (QED) is 0.723. The van der Waals surface area contributed by atoms with Gasteiger partial charge in [0.25, 0.3) is 0 Å². The molecule has 3 aromatic rings. The molecule has 3 heterocycles. The van der Waals surface area contributed by atoms with E-state index in [2.05, 4.69) is 30.2 Å². The summed E-state index contributed by atoms with van der Waals surface area (Å²) >= 11 is 0. The smallest absolute Gasteiger partial charge is 0.210 e. The molecular weight excluding hydrogens is 314 g/mol. The zero-order valence-corrected chi connectivity index (χ0v) is 12.2. The van der Waals surface area contributed by atoms with Crippen LogP contribution in [0.15, 0.2) is 54.9 Å². The second-order valence-corrected chi connectivity index (χ2v) is 5.18. The highest BCUT2D eigenvalue weighted by atomic mass is 19.2. The predicted octanol–water partition coefficient (Wildman–Crippen LogP) is 3.12. The maximum Gasteiger partial charge on any atom is 0.210 e. The molecule has 24 heavy (non-hydrogen) atoms. The number of H-pyrrole nitrogens is 1. The fourth-order valence-electron chi connectivity index (χ4n) is 2.39. The Morgan fingerprint density at radius 2 is 2.12 bits per heavy atom. The third kappa shape index (κ3) is 2.62. The highest BCUT2D eigenvalue weighted by molar-refractivity contribution is 5.76. The van der Waals surface area contributed by atoms with E-state index in [4.69, 9.17) is 0 Å². The lowest BCUT2D eigenvalue weighted by Crippen LogP contribution is -2.33. The van der Waals surface area contributed by atoms with Crippen LogP contribution in [0.1, 0.15) is 0 Å². The summed E-state index contributed by atoms with van der Waals surface area (Å²) in [4.78, 5) is 19.7. The van der Waals surface area contributed by atoms with Crippen molar-refractivity contribution < 1.29 is 8.78 Å². The number of aromatic nitrogens is 5. The summed E-state index contributed by atoms with van der Waals surface area (Å²) in [5, 5.41) is 2.59. The monoisotopic (exact) mass is 325 g/mol. The van der Waals surface area contributed by atoms with Crippen molar-refractivity contribution in [3.8, 4) is 11.4 Å². The van der Waals surface area contributed by atoms with Crippen molar-refractivity contribution in [2.75, 3.05) is 5.32 Å². The number of hydrogen-bond donors (Lipinski definition) is 2. The zero-order chi connectivity index (χ0) is 16.6. The van der Waals surface area contributed by atoms with E-state index < -0.39 is 11.6 Å². The Morgan fingerprint density at radius 1 is 1.21 bits per heavy atom. The van der Waals surface area contributed by atoms with Crippen LogP contribution in [0.3, 0.4) is 0 Å². The normalized spacial score (nSPS) is 20.2. The molecule has 0 aliphatic heterocycles. The summed E-state index contributed by atoms with van der Waals surface area (Å²) in [6, 6.07) is 3.39. The number of alkyl halides is 1. The molecule has 0 fully saturated rings. The van der Waals surface area contributed by atoms with E-state index in [0.29, 0.717) is 22.6 Å². The first-order valence-electron chi connectivity index (χ1n) is 7.12. The Balaban J connectivity index is 1.74. The van der Waals surface area contributed by atoms with Crippen LogP contribution in [0.5, 0.6) is 0 Å². The van der Waals surface area contributed by atoms with E-state index in [0.717, 1.165) is 6.08 Å². The lowest BCUT2D eigenvalue weighted by molar-refractivity contribution is 0.314. The van der Waals surface area contributed by atoms with Gasteiger partial charge in [0.15, 0.2) is 11.5 Å². The van der Waals surface area contributed by atoms with Crippen molar-refractivity contribution in [2.45, 2.75) is 5.79 Å². The van der Waals surface area contributed by atoms with Gasteiger partial charge in [-0.1, -0.05) is 6.08 Å². The third-order valence-electron chi connectivity index (χ3n) is 3.48. The van der Waals surface area contributed by atoms with Gasteiger partial charge >= 0.3 is 0 Å². The van der Waals surface area contributed by atoms with Crippen LogP contribution in [-0.4, -0.2) is 30.7 Å². The van der Waals surface area contributed by atoms with Gasteiger partial charge in [-0.3, -0.25) is 0 Å². The van der Waals surface area contributed by atoms with Gasteiger partial charge < -0.3 is 10.3 Å². The molecule has 0 saturated carbocycles. The van der Waals surface area contributed by atoms with Gasteiger partial charge in [0.2, 0.25) is 5.79 Å². The average Bonchev–Trinajstić information content (AvgIpc) is 3.02. The summed E-state index contributed by atoms with van der Waals surface area (Å²) in [6.45, 7) is 0. The van der Waals surface area contributed by atoms with Gasteiger partial charge in [-0.2, -0.15) is 0 Å². The van der Waals surface area contributed by atoms with E-state index in [1.807, 2.05) is 0 Å². The molecule has 1 aliphatic rings. The van der Waals surface area contributed by atoms with Crippen LogP contribution in [-0.2, 0) is 0 Å². The van der Waals surface area contributed by atoms with Crippen molar-refractivity contribution in [3.05, 3.63) is 61.3 Å². The number of anilines is 1. The zero-order valence-electron chi connectivity index (χ0n) is 12.2. The summed E-state index contributed by atoms with van der Waals surface area (Å²) in [6.07, 6.45) is 9.09. The van der Waals surface area contributed by atoms with Crippen molar-refractivity contribution in [3.63, 3.8) is 0 Å². The molecule has 3 aromatic heterocycles. The van der Waals surface area contributed by atoms with Crippen molar-refractivity contribution in [1.82, 2.24) is 24.9 Å². The largest absolute Gasteiger partial charge is 0.334 e. The number of fused-ring (bicyclic) bond motifs is 1. The SMILES string of the molecule is FC1=CC(F)(Nc2ncccc2-c2ncc3nc[nH]c3n2)[CH]C=C1. The summed E-state index contributed by atoms with van der Waals surface area (Å²) < 4.78 is 28.1. The first kappa shape index (κ1) is 14.4. The second-order valence-electron chi connectivity index (χ2n) is 5.18. The standard InChI is InChI=1S/C16H11F2N6/c17-10-3-1-5-16(18,7-10)24-14-11(4-2-6-19-14)13-20-8-12-15(23-13)22-9-21-12/h1-9H,(H,19,24)(H,20,21,22,23). The Hall–Kier alpha value is -3.16. The highest BCUT2D eigenvalue weighted by Gasteiger charge is 2.30. The molecule has 0 amide bonds. The van der Waals surface area contributed by atoms with Gasteiger partial charge in [-0.15, -0.1) is 0 Å². The number of halogens is 2. The summed E-state index contributed by atoms with van der Waals surface area (Å²) in [5.74, 6) is -2.30. The van der Waals surface area contributed by atoms with Crippen LogP contribution in [0.2, 0.25) is 0 Å². The fraction of sp³-hybridized carbons (Fsp3) is 0.0625. The van der Waals surface area contributed by atoms with Crippen molar-refractivity contribution in [1.29, 1.82) is 0 Å². The second kappa shape index (κ2) is 5.48. The fourth-order valence-corrected chi connectivity index (χ4v) is 2.39. The first-order chi connectivity index (χ1) is 11.6. The molecule has 119 valence electrons. The Bertz CT molecular complexity index is 964. The maximum absolute atomic E-state index is 14.8. The molecule has 0 aromatic carbocycles. The number of allylic oxidation sites excluding steroid dienone is 2.